The van der Waals surface area contributed by atoms with Crippen LogP contribution in [0.3, 0.4) is 0 Å². The molecule has 5 rings (SSSR count). The van der Waals surface area contributed by atoms with Gasteiger partial charge in [-0.05, 0) is 51.2 Å². The van der Waals surface area contributed by atoms with Crippen LogP contribution in [0, 0.1) is 5.82 Å². The van der Waals surface area contributed by atoms with Gasteiger partial charge in [0.1, 0.15) is 23.2 Å². The van der Waals surface area contributed by atoms with Crippen LogP contribution in [-0.4, -0.2) is 82.1 Å². The number of fused-ring (bicyclic) bond motifs is 1. The number of aromatic nitrogens is 4. The van der Waals surface area contributed by atoms with Crippen molar-refractivity contribution in [2.24, 2.45) is 0 Å². The summed E-state index contributed by atoms with van der Waals surface area (Å²) in [5, 5.41) is 3.22. The minimum absolute atomic E-state index is 0.0474. The highest BCUT2D eigenvalue weighted by Gasteiger charge is 2.27. The molecular weight excluding hydrogens is 431 g/mol. The van der Waals surface area contributed by atoms with E-state index in [1.165, 1.54) is 44.4 Å². The lowest BCUT2D eigenvalue weighted by atomic mass is 10.0. The first-order valence-corrected chi connectivity index (χ1v) is 11.3. The molecule has 0 radical (unpaired) electrons. The van der Waals surface area contributed by atoms with Crippen LogP contribution in [-0.2, 0) is 0 Å². The summed E-state index contributed by atoms with van der Waals surface area (Å²) in [6, 6.07) is 5.13. The summed E-state index contributed by atoms with van der Waals surface area (Å²) in [6.45, 7) is 6.16. The van der Waals surface area contributed by atoms with Gasteiger partial charge in [-0.2, -0.15) is 0 Å². The lowest BCUT2D eigenvalue weighted by Crippen LogP contribution is -2.53. The molecule has 32 heavy (non-hydrogen) atoms. The SMILES string of the molecule is CN1CCC(N2CCN(c3ncc4ncnc(Nc5ccc(F)c(Cl)c5)c4n3)CC2)CC1. The molecule has 1 N–H and O–H groups in total. The fourth-order valence-electron chi connectivity index (χ4n) is 4.45. The van der Waals surface area contributed by atoms with Gasteiger partial charge in [0.05, 0.1) is 11.2 Å². The first-order valence-electron chi connectivity index (χ1n) is 10.9. The van der Waals surface area contributed by atoms with E-state index in [-0.39, 0.29) is 5.02 Å². The van der Waals surface area contributed by atoms with E-state index in [9.17, 15) is 4.39 Å². The zero-order chi connectivity index (χ0) is 22.1. The van der Waals surface area contributed by atoms with Crippen LogP contribution in [0.4, 0.5) is 21.8 Å². The number of hydrogen-bond donors (Lipinski definition) is 1. The Hall–Kier alpha value is -2.62. The third-order valence-electron chi connectivity index (χ3n) is 6.35. The molecule has 2 saturated heterocycles. The molecule has 0 atom stereocenters. The van der Waals surface area contributed by atoms with E-state index in [1.807, 2.05) is 0 Å². The van der Waals surface area contributed by atoms with Gasteiger partial charge in [-0.25, -0.2) is 24.3 Å². The van der Waals surface area contributed by atoms with E-state index in [0.717, 1.165) is 26.2 Å². The Morgan fingerprint density at radius 1 is 1.03 bits per heavy atom. The Bertz CT molecular complexity index is 1100. The standard InChI is InChI=1S/C22H26ClFN8/c1-30-6-4-16(5-7-30)31-8-10-32(11-9-31)22-25-13-19-20(29-22)21(27-14-26-19)28-15-2-3-18(24)17(23)12-15/h2-3,12-14,16H,4-11H2,1H3,(H,26,27,28). The van der Waals surface area contributed by atoms with E-state index >= 15 is 0 Å². The molecule has 0 aliphatic carbocycles. The molecular formula is C22H26ClFN8. The van der Waals surface area contributed by atoms with Crippen molar-refractivity contribution >= 4 is 40.1 Å². The van der Waals surface area contributed by atoms with E-state index in [0.29, 0.717) is 34.5 Å². The highest BCUT2D eigenvalue weighted by molar-refractivity contribution is 6.31. The van der Waals surface area contributed by atoms with Crippen molar-refractivity contribution in [3.8, 4) is 0 Å². The van der Waals surface area contributed by atoms with Crippen LogP contribution < -0.4 is 10.2 Å². The second-order valence-corrected chi connectivity index (χ2v) is 8.84. The number of halogens is 2. The lowest BCUT2D eigenvalue weighted by Gasteiger charge is -2.42. The van der Waals surface area contributed by atoms with Crippen LogP contribution in [0.15, 0.2) is 30.7 Å². The van der Waals surface area contributed by atoms with Crippen molar-refractivity contribution < 1.29 is 4.39 Å². The van der Waals surface area contributed by atoms with Gasteiger partial charge in [0.15, 0.2) is 5.82 Å². The average Bonchev–Trinajstić information content (AvgIpc) is 2.82. The predicted octanol–water partition coefficient (Wildman–Crippen LogP) is 3.17. The third-order valence-corrected chi connectivity index (χ3v) is 6.64. The molecule has 0 bridgehead atoms. The van der Waals surface area contributed by atoms with Gasteiger partial charge < -0.3 is 15.1 Å². The quantitative estimate of drug-likeness (QED) is 0.641. The Morgan fingerprint density at radius 3 is 2.56 bits per heavy atom. The largest absolute Gasteiger partial charge is 0.338 e. The number of nitrogens with one attached hydrogen (secondary N) is 1. The minimum atomic E-state index is -0.464. The zero-order valence-electron chi connectivity index (χ0n) is 18.0. The molecule has 0 spiro atoms. The van der Waals surface area contributed by atoms with Crippen molar-refractivity contribution in [2.45, 2.75) is 18.9 Å². The van der Waals surface area contributed by atoms with E-state index in [4.69, 9.17) is 16.6 Å². The molecule has 0 unspecified atom stereocenters. The number of anilines is 3. The van der Waals surface area contributed by atoms with Gasteiger partial charge >= 0.3 is 0 Å². The number of rotatable bonds is 4. The summed E-state index contributed by atoms with van der Waals surface area (Å²) in [7, 11) is 2.20. The second-order valence-electron chi connectivity index (χ2n) is 8.44. The lowest BCUT2D eigenvalue weighted by molar-refractivity contribution is 0.115. The molecule has 0 amide bonds. The molecule has 2 aliphatic rings. The van der Waals surface area contributed by atoms with Gasteiger partial charge in [-0.15, -0.1) is 0 Å². The molecule has 10 heteroatoms. The number of hydrogen-bond acceptors (Lipinski definition) is 8. The maximum Gasteiger partial charge on any atom is 0.226 e. The summed E-state index contributed by atoms with van der Waals surface area (Å²) in [4.78, 5) is 25.2. The summed E-state index contributed by atoms with van der Waals surface area (Å²) in [5.74, 6) is 0.746. The van der Waals surface area contributed by atoms with Gasteiger partial charge in [0.25, 0.3) is 0 Å². The van der Waals surface area contributed by atoms with Crippen LogP contribution in [0.2, 0.25) is 5.02 Å². The summed E-state index contributed by atoms with van der Waals surface area (Å²) < 4.78 is 13.5. The Morgan fingerprint density at radius 2 is 1.81 bits per heavy atom. The summed E-state index contributed by atoms with van der Waals surface area (Å²) in [6.07, 6.45) is 5.66. The van der Waals surface area contributed by atoms with E-state index in [2.05, 4.69) is 42.0 Å². The fourth-order valence-corrected chi connectivity index (χ4v) is 4.63. The number of benzene rings is 1. The van der Waals surface area contributed by atoms with Crippen molar-refractivity contribution in [3.05, 3.63) is 41.6 Å². The Kier molecular flexibility index (Phi) is 6.03. The van der Waals surface area contributed by atoms with E-state index in [1.54, 1.807) is 12.3 Å². The van der Waals surface area contributed by atoms with Gasteiger partial charge in [0.2, 0.25) is 5.95 Å². The smallest absolute Gasteiger partial charge is 0.226 e. The zero-order valence-corrected chi connectivity index (χ0v) is 18.8. The van der Waals surface area contributed by atoms with Crippen molar-refractivity contribution in [2.75, 3.05) is 56.5 Å². The number of nitrogens with zero attached hydrogens (tertiary/aromatic N) is 7. The summed E-state index contributed by atoms with van der Waals surface area (Å²) in [5.41, 5.74) is 1.89. The number of piperidine rings is 1. The van der Waals surface area contributed by atoms with Gasteiger partial charge in [-0.1, -0.05) is 11.6 Å². The maximum absolute atomic E-state index is 13.5. The first-order chi connectivity index (χ1) is 15.6. The monoisotopic (exact) mass is 456 g/mol. The molecule has 2 fully saturated rings. The first kappa shape index (κ1) is 21.2. The normalized spacial score (nSPS) is 18.9. The van der Waals surface area contributed by atoms with Crippen LogP contribution in [0.5, 0.6) is 0 Å². The fraction of sp³-hybridized carbons (Fsp3) is 0.455. The minimum Gasteiger partial charge on any atom is -0.338 e. The van der Waals surface area contributed by atoms with Crippen molar-refractivity contribution in [1.29, 1.82) is 0 Å². The molecule has 0 saturated carbocycles. The Balaban J connectivity index is 1.32. The predicted molar refractivity (Wildman–Crippen MR) is 124 cm³/mol. The maximum atomic E-state index is 13.5. The van der Waals surface area contributed by atoms with E-state index < -0.39 is 5.82 Å². The molecule has 3 aromatic rings. The molecule has 4 heterocycles. The highest BCUT2D eigenvalue weighted by Crippen LogP contribution is 2.26. The third kappa shape index (κ3) is 4.46. The van der Waals surface area contributed by atoms with Crippen molar-refractivity contribution in [3.63, 3.8) is 0 Å². The molecule has 8 nitrogen and oxygen atoms in total. The van der Waals surface area contributed by atoms with Gasteiger partial charge in [-0.3, -0.25) is 4.90 Å². The summed E-state index contributed by atoms with van der Waals surface area (Å²) >= 11 is 5.91. The second kappa shape index (κ2) is 9.09. The molecule has 2 aromatic heterocycles. The molecule has 2 aliphatic heterocycles. The van der Waals surface area contributed by atoms with Gasteiger partial charge in [0, 0.05) is 37.9 Å². The number of likely N-dealkylation sites (tertiary alicyclic amines) is 1. The Labute approximate surface area is 191 Å². The number of piperazine rings is 1. The molecule has 1 aromatic carbocycles. The van der Waals surface area contributed by atoms with Crippen LogP contribution in [0.25, 0.3) is 11.0 Å². The average molecular weight is 457 g/mol. The topological polar surface area (TPSA) is 73.3 Å². The van der Waals surface area contributed by atoms with Crippen molar-refractivity contribution in [1.82, 2.24) is 29.7 Å². The van der Waals surface area contributed by atoms with Crippen LogP contribution in [0.1, 0.15) is 12.8 Å². The van der Waals surface area contributed by atoms with Crippen LogP contribution >= 0.6 is 11.6 Å². The highest BCUT2D eigenvalue weighted by atomic mass is 35.5. The molecule has 168 valence electrons.